The number of hydrogen-bond acceptors (Lipinski definition) is 3. The van der Waals surface area contributed by atoms with Crippen LogP contribution in [0.15, 0.2) is 0 Å². The van der Waals surface area contributed by atoms with Gasteiger partial charge in [-0.15, -0.1) is 0 Å². The standard InChI is InChI=1S/C14H22N2O4/c1-2-6-14(13(19)20)7-3-8-16(9-14)12(18)10-4-5-11(17)15-10/h10H,2-9H2,1H3,(H,15,17)(H,19,20). The number of hydrogen-bond donors (Lipinski definition) is 2. The van der Waals surface area contributed by atoms with Crippen molar-refractivity contribution < 1.29 is 19.5 Å². The molecule has 6 heteroatoms. The SMILES string of the molecule is CCCC1(C(=O)O)CCCN(C(=O)C2CCC(=O)N2)C1. The number of carbonyl (C=O) groups is 3. The van der Waals surface area contributed by atoms with Crippen molar-refractivity contribution >= 4 is 17.8 Å². The summed E-state index contributed by atoms with van der Waals surface area (Å²) in [5.41, 5.74) is -0.814. The molecule has 2 fully saturated rings. The zero-order valence-corrected chi connectivity index (χ0v) is 11.9. The third-order valence-electron chi connectivity index (χ3n) is 4.36. The Morgan fingerprint density at radius 2 is 2.25 bits per heavy atom. The second-order valence-electron chi connectivity index (χ2n) is 5.86. The summed E-state index contributed by atoms with van der Waals surface area (Å²) in [6, 6.07) is -0.464. The normalized spacial score (nSPS) is 30.1. The van der Waals surface area contributed by atoms with Crippen molar-refractivity contribution in [2.75, 3.05) is 13.1 Å². The first kappa shape index (κ1) is 14.8. The van der Waals surface area contributed by atoms with E-state index in [0.717, 1.165) is 6.42 Å². The van der Waals surface area contributed by atoms with Crippen LogP contribution < -0.4 is 5.32 Å². The van der Waals surface area contributed by atoms with Gasteiger partial charge in [0.1, 0.15) is 6.04 Å². The van der Waals surface area contributed by atoms with E-state index in [1.54, 1.807) is 4.90 Å². The van der Waals surface area contributed by atoms with Gasteiger partial charge in [-0.25, -0.2) is 0 Å². The number of aliphatic carboxylic acids is 1. The average Bonchev–Trinajstić information content (AvgIpc) is 2.85. The summed E-state index contributed by atoms with van der Waals surface area (Å²) >= 11 is 0. The second-order valence-corrected chi connectivity index (χ2v) is 5.86. The molecule has 2 atom stereocenters. The summed E-state index contributed by atoms with van der Waals surface area (Å²) in [6.45, 7) is 2.81. The molecule has 0 bridgehead atoms. The van der Waals surface area contributed by atoms with E-state index in [9.17, 15) is 19.5 Å². The molecule has 2 amide bonds. The third-order valence-corrected chi connectivity index (χ3v) is 4.36. The molecule has 2 heterocycles. The van der Waals surface area contributed by atoms with Crippen molar-refractivity contribution in [2.24, 2.45) is 5.41 Å². The van der Waals surface area contributed by atoms with E-state index in [0.29, 0.717) is 38.6 Å². The lowest BCUT2D eigenvalue weighted by Gasteiger charge is -2.40. The Balaban J connectivity index is 2.07. The van der Waals surface area contributed by atoms with Crippen LogP contribution in [0.3, 0.4) is 0 Å². The van der Waals surface area contributed by atoms with Crippen molar-refractivity contribution in [3.8, 4) is 0 Å². The van der Waals surface area contributed by atoms with Crippen molar-refractivity contribution in [1.82, 2.24) is 10.2 Å². The topological polar surface area (TPSA) is 86.7 Å². The number of nitrogens with zero attached hydrogens (tertiary/aromatic N) is 1. The predicted molar refractivity (Wildman–Crippen MR) is 72.0 cm³/mol. The van der Waals surface area contributed by atoms with Crippen LogP contribution in [-0.2, 0) is 14.4 Å². The van der Waals surface area contributed by atoms with Crippen LogP contribution in [0, 0.1) is 5.41 Å². The lowest BCUT2D eigenvalue weighted by molar-refractivity contribution is -0.156. The first-order valence-corrected chi connectivity index (χ1v) is 7.30. The fraction of sp³-hybridized carbons (Fsp3) is 0.786. The summed E-state index contributed by atoms with van der Waals surface area (Å²) in [7, 11) is 0. The van der Waals surface area contributed by atoms with Crippen LogP contribution in [-0.4, -0.2) is 46.9 Å². The number of piperidine rings is 1. The monoisotopic (exact) mass is 282 g/mol. The Morgan fingerprint density at radius 3 is 2.80 bits per heavy atom. The van der Waals surface area contributed by atoms with E-state index in [2.05, 4.69) is 5.32 Å². The highest BCUT2D eigenvalue weighted by molar-refractivity contribution is 5.91. The van der Waals surface area contributed by atoms with Gasteiger partial charge < -0.3 is 15.3 Å². The minimum Gasteiger partial charge on any atom is -0.481 e. The van der Waals surface area contributed by atoms with Gasteiger partial charge in [-0.3, -0.25) is 14.4 Å². The number of carboxylic acids is 1. The first-order chi connectivity index (χ1) is 9.48. The van der Waals surface area contributed by atoms with Gasteiger partial charge in [0, 0.05) is 19.5 Å². The Morgan fingerprint density at radius 1 is 1.50 bits per heavy atom. The number of likely N-dealkylation sites (tertiary alicyclic amines) is 1. The number of carboxylic acid groups (broad SMARTS) is 1. The van der Waals surface area contributed by atoms with Gasteiger partial charge in [-0.2, -0.15) is 0 Å². The van der Waals surface area contributed by atoms with Gasteiger partial charge in [-0.05, 0) is 25.7 Å². The predicted octanol–water partition coefficient (Wildman–Crippen LogP) is 0.758. The molecule has 0 radical (unpaired) electrons. The van der Waals surface area contributed by atoms with Gasteiger partial charge >= 0.3 is 5.97 Å². The number of amides is 2. The van der Waals surface area contributed by atoms with E-state index in [-0.39, 0.29) is 18.4 Å². The van der Waals surface area contributed by atoms with Crippen LogP contribution in [0.2, 0.25) is 0 Å². The van der Waals surface area contributed by atoms with Crippen LogP contribution in [0.4, 0.5) is 0 Å². The Bertz CT molecular complexity index is 419. The molecule has 0 aromatic carbocycles. The Labute approximate surface area is 118 Å². The van der Waals surface area contributed by atoms with E-state index in [4.69, 9.17) is 0 Å². The molecule has 2 aliphatic heterocycles. The van der Waals surface area contributed by atoms with E-state index < -0.39 is 17.4 Å². The van der Waals surface area contributed by atoms with Gasteiger partial charge in [0.05, 0.1) is 5.41 Å². The minimum atomic E-state index is -0.814. The van der Waals surface area contributed by atoms with Crippen LogP contribution in [0.1, 0.15) is 45.4 Å². The molecule has 6 nitrogen and oxygen atoms in total. The van der Waals surface area contributed by atoms with E-state index in [1.165, 1.54) is 0 Å². The zero-order chi connectivity index (χ0) is 14.8. The smallest absolute Gasteiger partial charge is 0.311 e. The highest BCUT2D eigenvalue weighted by Crippen LogP contribution is 2.35. The summed E-state index contributed by atoms with van der Waals surface area (Å²) in [5, 5.41) is 12.2. The quantitative estimate of drug-likeness (QED) is 0.797. The fourth-order valence-electron chi connectivity index (χ4n) is 3.30. The fourth-order valence-corrected chi connectivity index (χ4v) is 3.30. The molecule has 0 spiro atoms. The molecule has 0 saturated carbocycles. The lowest BCUT2D eigenvalue weighted by atomic mass is 9.76. The largest absolute Gasteiger partial charge is 0.481 e. The minimum absolute atomic E-state index is 0.0987. The molecule has 0 aliphatic carbocycles. The zero-order valence-electron chi connectivity index (χ0n) is 11.9. The summed E-state index contributed by atoms with van der Waals surface area (Å²) in [4.78, 5) is 36.8. The summed E-state index contributed by atoms with van der Waals surface area (Å²) < 4.78 is 0. The summed E-state index contributed by atoms with van der Waals surface area (Å²) in [5.74, 6) is -1.04. The Hall–Kier alpha value is -1.59. The lowest BCUT2D eigenvalue weighted by Crippen LogP contribution is -2.54. The average molecular weight is 282 g/mol. The molecule has 2 aliphatic rings. The number of rotatable bonds is 4. The van der Waals surface area contributed by atoms with Crippen molar-refractivity contribution in [3.05, 3.63) is 0 Å². The molecule has 0 aromatic rings. The molecule has 20 heavy (non-hydrogen) atoms. The first-order valence-electron chi connectivity index (χ1n) is 7.30. The molecule has 112 valence electrons. The van der Waals surface area contributed by atoms with Gasteiger partial charge in [-0.1, -0.05) is 13.3 Å². The van der Waals surface area contributed by atoms with Crippen molar-refractivity contribution in [1.29, 1.82) is 0 Å². The van der Waals surface area contributed by atoms with Gasteiger partial charge in [0.25, 0.3) is 0 Å². The Kier molecular flexibility index (Phi) is 4.30. The molecule has 2 N–H and O–H groups in total. The van der Waals surface area contributed by atoms with Gasteiger partial charge in [0.2, 0.25) is 11.8 Å². The summed E-state index contributed by atoms with van der Waals surface area (Å²) in [6.07, 6.45) is 3.60. The van der Waals surface area contributed by atoms with E-state index in [1.807, 2.05) is 6.92 Å². The maximum Gasteiger partial charge on any atom is 0.311 e. The second kappa shape index (κ2) is 5.81. The highest BCUT2D eigenvalue weighted by Gasteiger charge is 2.44. The molecular formula is C14H22N2O4. The van der Waals surface area contributed by atoms with Gasteiger partial charge in [0.15, 0.2) is 0 Å². The van der Waals surface area contributed by atoms with Crippen LogP contribution in [0.5, 0.6) is 0 Å². The van der Waals surface area contributed by atoms with E-state index >= 15 is 0 Å². The van der Waals surface area contributed by atoms with Crippen LogP contribution in [0.25, 0.3) is 0 Å². The molecule has 2 saturated heterocycles. The van der Waals surface area contributed by atoms with Crippen LogP contribution >= 0.6 is 0 Å². The van der Waals surface area contributed by atoms with Crippen molar-refractivity contribution in [3.63, 3.8) is 0 Å². The molecular weight excluding hydrogens is 260 g/mol. The maximum atomic E-state index is 12.4. The molecule has 0 aromatic heterocycles. The molecule has 2 rings (SSSR count). The third kappa shape index (κ3) is 2.78. The number of carbonyl (C=O) groups excluding carboxylic acids is 2. The van der Waals surface area contributed by atoms with Crippen molar-refractivity contribution in [2.45, 2.75) is 51.5 Å². The maximum absolute atomic E-state index is 12.4. The molecule has 2 unspecified atom stereocenters. The highest BCUT2D eigenvalue weighted by atomic mass is 16.4. The number of nitrogens with one attached hydrogen (secondary N) is 1.